The fraction of sp³-hybridized carbons (Fsp3) is 0.316. The minimum atomic E-state index is -3.81. The van der Waals surface area contributed by atoms with E-state index in [0.29, 0.717) is 16.3 Å². The Hall–Kier alpha value is -2.05. The fourth-order valence-corrected chi connectivity index (χ4v) is 4.00. The third-order valence-electron chi connectivity index (χ3n) is 4.03. The highest BCUT2D eigenvalue weighted by Gasteiger charge is 2.23. The van der Waals surface area contributed by atoms with Crippen LogP contribution in [0.15, 0.2) is 53.4 Å². The third kappa shape index (κ3) is 4.77. The maximum Gasteiger partial charge on any atom is 0.264 e. The Morgan fingerprint density at radius 2 is 1.88 bits per heavy atom. The molecule has 0 heterocycles. The fourth-order valence-electron chi connectivity index (χ4n) is 2.58. The Kier molecular flexibility index (Phi) is 6.67. The summed E-state index contributed by atoms with van der Waals surface area (Å²) < 4.78 is 26.9. The van der Waals surface area contributed by atoms with E-state index < -0.39 is 10.0 Å². The topological polar surface area (TPSA) is 66.5 Å². The highest BCUT2D eigenvalue weighted by atomic mass is 35.5. The predicted molar refractivity (Wildman–Crippen MR) is 105 cm³/mol. The second-order valence-corrected chi connectivity index (χ2v) is 8.55. The molecule has 1 amide bonds. The smallest absolute Gasteiger partial charge is 0.264 e. The number of hydrogen-bond donors (Lipinski definition) is 1. The van der Waals surface area contributed by atoms with Gasteiger partial charge in [-0.05, 0) is 49.7 Å². The molecule has 0 spiro atoms. The number of nitrogens with one attached hydrogen (secondary N) is 1. The number of sulfonamides is 1. The molecule has 0 saturated carbocycles. The van der Waals surface area contributed by atoms with Crippen molar-refractivity contribution in [3.63, 3.8) is 0 Å². The van der Waals surface area contributed by atoms with Gasteiger partial charge in [0, 0.05) is 23.7 Å². The molecule has 0 aliphatic heterocycles. The van der Waals surface area contributed by atoms with Gasteiger partial charge in [-0.3, -0.25) is 9.10 Å². The molecule has 0 aromatic heterocycles. The normalized spacial score (nSPS) is 12.5. The molecule has 2 aromatic rings. The zero-order valence-corrected chi connectivity index (χ0v) is 16.6. The molecule has 2 rings (SSSR count). The van der Waals surface area contributed by atoms with E-state index in [-0.39, 0.29) is 16.8 Å². The summed E-state index contributed by atoms with van der Waals surface area (Å²) >= 11 is 5.95. The van der Waals surface area contributed by atoms with Gasteiger partial charge < -0.3 is 5.32 Å². The van der Waals surface area contributed by atoms with Crippen molar-refractivity contribution in [2.24, 2.45) is 0 Å². The van der Waals surface area contributed by atoms with Crippen LogP contribution in [0.4, 0.5) is 5.69 Å². The first kappa shape index (κ1) is 20.3. The standard InChI is InChI=1S/C19H23ClN2O3S/c1-4-7-14(2)21-19(23)15-8-5-11-18(12-15)26(24,25)22(3)17-10-6-9-16(20)13-17/h5-6,8-14H,4,7H2,1-3H3,(H,21,23)/t14-/m1/s1. The maximum absolute atomic E-state index is 12.9. The van der Waals surface area contributed by atoms with Gasteiger partial charge in [0.25, 0.3) is 15.9 Å². The summed E-state index contributed by atoms with van der Waals surface area (Å²) in [6, 6.07) is 12.7. The molecule has 1 atom stereocenters. The molecule has 0 unspecified atom stereocenters. The van der Waals surface area contributed by atoms with Crippen molar-refractivity contribution in [2.45, 2.75) is 37.6 Å². The lowest BCUT2D eigenvalue weighted by Gasteiger charge is -2.20. The molecular weight excluding hydrogens is 372 g/mol. The van der Waals surface area contributed by atoms with Crippen molar-refractivity contribution in [1.82, 2.24) is 5.32 Å². The Morgan fingerprint density at radius 3 is 2.54 bits per heavy atom. The van der Waals surface area contributed by atoms with Gasteiger partial charge in [0.1, 0.15) is 0 Å². The van der Waals surface area contributed by atoms with Crippen LogP contribution in [0.2, 0.25) is 5.02 Å². The quantitative estimate of drug-likeness (QED) is 0.769. The van der Waals surface area contributed by atoms with Crippen LogP contribution >= 0.6 is 11.6 Å². The number of carbonyl (C=O) groups is 1. The van der Waals surface area contributed by atoms with E-state index in [4.69, 9.17) is 11.6 Å². The molecular formula is C19H23ClN2O3S. The Morgan fingerprint density at radius 1 is 1.19 bits per heavy atom. The lowest BCUT2D eigenvalue weighted by Crippen LogP contribution is -2.32. The van der Waals surface area contributed by atoms with Gasteiger partial charge in [-0.25, -0.2) is 8.42 Å². The monoisotopic (exact) mass is 394 g/mol. The SMILES string of the molecule is CCC[C@@H](C)NC(=O)c1cccc(S(=O)(=O)N(C)c2cccc(Cl)c2)c1. The van der Waals surface area contributed by atoms with Crippen LogP contribution in [-0.2, 0) is 10.0 Å². The van der Waals surface area contributed by atoms with Crippen molar-refractivity contribution in [3.05, 3.63) is 59.1 Å². The van der Waals surface area contributed by atoms with E-state index in [1.807, 2.05) is 13.8 Å². The molecule has 26 heavy (non-hydrogen) atoms. The minimum Gasteiger partial charge on any atom is -0.350 e. The van der Waals surface area contributed by atoms with Gasteiger partial charge in [-0.15, -0.1) is 0 Å². The largest absolute Gasteiger partial charge is 0.350 e. The van der Waals surface area contributed by atoms with E-state index >= 15 is 0 Å². The number of anilines is 1. The first-order valence-electron chi connectivity index (χ1n) is 8.41. The molecule has 0 aliphatic rings. The third-order valence-corrected chi connectivity index (χ3v) is 6.04. The maximum atomic E-state index is 12.9. The first-order chi connectivity index (χ1) is 12.3. The number of amides is 1. The molecule has 0 bridgehead atoms. The van der Waals surface area contributed by atoms with Gasteiger partial charge in [-0.1, -0.05) is 37.1 Å². The predicted octanol–water partition coefficient (Wildman–Crippen LogP) is 4.08. The average molecular weight is 395 g/mol. The summed E-state index contributed by atoms with van der Waals surface area (Å²) in [5, 5.41) is 3.33. The zero-order valence-electron chi connectivity index (χ0n) is 15.1. The van der Waals surface area contributed by atoms with Crippen LogP contribution in [0, 0.1) is 0 Å². The number of benzene rings is 2. The van der Waals surface area contributed by atoms with Crippen LogP contribution in [0.5, 0.6) is 0 Å². The number of nitrogens with zero attached hydrogens (tertiary/aromatic N) is 1. The minimum absolute atomic E-state index is 0.0295. The zero-order chi connectivity index (χ0) is 19.3. The van der Waals surface area contributed by atoms with Gasteiger partial charge in [0.05, 0.1) is 10.6 Å². The van der Waals surface area contributed by atoms with Crippen molar-refractivity contribution >= 4 is 33.2 Å². The molecule has 140 valence electrons. The van der Waals surface area contributed by atoms with Gasteiger partial charge in [0.15, 0.2) is 0 Å². The highest BCUT2D eigenvalue weighted by Crippen LogP contribution is 2.25. The van der Waals surface area contributed by atoms with Crippen molar-refractivity contribution in [1.29, 1.82) is 0 Å². The van der Waals surface area contributed by atoms with Crippen molar-refractivity contribution < 1.29 is 13.2 Å². The second kappa shape index (κ2) is 8.56. The van der Waals surface area contributed by atoms with Gasteiger partial charge >= 0.3 is 0 Å². The van der Waals surface area contributed by atoms with Gasteiger partial charge in [0.2, 0.25) is 0 Å². The van der Waals surface area contributed by atoms with Crippen LogP contribution in [0.1, 0.15) is 37.0 Å². The van der Waals surface area contributed by atoms with E-state index in [2.05, 4.69) is 5.32 Å². The summed E-state index contributed by atoms with van der Waals surface area (Å²) in [5.41, 5.74) is 0.762. The van der Waals surface area contributed by atoms with E-state index in [1.165, 1.54) is 19.2 Å². The van der Waals surface area contributed by atoms with E-state index in [1.54, 1.807) is 36.4 Å². The van der Waals surface area contributed by atoms with Crippen molar-refractivity contribution in [2.75, 3.05) is 11.4 Å². The molecule has 1 N–H and O–H groups in total. The highest BCUT2D eigenvalue weighted by molar-refractivity contribution is 7.92. The average Bonchev–Trinajstić information content (AvgIpc) is 2.61. The second-order valence-electron chi connectivity index (χ2n) is 6.14. The van der Waals surface area contributed by atoms with E-state index in [9.17, 15) is 13.2 Å². The number of halogens is 1. The molecule has 0 fully saturated rings. The summed E-state index contributed by atoms with van der Waals surface area (Å²) in [5.74, 6) is -0.284. The summed E-state index contributed by atoms with van der Waals surface area (Å²) in [4.78, 5) is 12.4. The van der Waals surface area contributed by atoms with Gasteiger partial charge in [-0.2, -0.15) is 0 Å². The lowest BCUT2D eigenvalue weighted by atomic mass is 10.1. The number of hydrogen-bond acceptors (Lipinski definition) is 3. The molecule has 7 heteroatoms. The summed E-state index contributed by atoms with van der Waals surface area (Å²) in [7, 11) is -2.35. The summed E-state index contributed by atoms with van der Waals surface area (Å²) in [6.07, 6.45) is 1.82. The van der Waals surface area contributed by atoms with Crippen molar-refractivity contribution in [3.8, 4) is 0 Å². The lowest BCUT2D eigenvalue weighted by molar-refractivity contribution is 0.0938. The molecule has 0 aliphatic carbocycles. The number of rotatable bonds is 7. The molecule has 5 nitrogen and oxygen atoms in total. The van der Waals surface area contributed by atoms with Crippen LogP contribution in [-0.4, -0.2) is 27.4 Å². The molecule has 0 radical (unpaired) electrons. The van der Waals surface area contributed by atoms with E-state index in [0.717, 1.165) is 17.1 Å². The summed E-state index contributed by atoms with van der Waals surface area (Å²) in [6.45, 7) is 3.97. The Balaban J connectivity index is 2.29. The molecule has 0 saturated heterocycles. The van der Waals surface area contributed by atoms with Crippen LogP contribution < -0.4 is 9.62 Å². The van der Waals surface area contributed by atoms with Crippen LogP contribution in [0.25, 0.3) is 0 Å². The molecule has 2 aromatic carbocycles. The first-order valence-corrected chi connectivity index (χ1v) is 10.2. The Bertz CT molecular complexity index is 884. The van der Waals surface area contributed by atoms with Crippen LogP contribution in [0.3, 0.4) is 0 Å². The Labute approximate surface area is 160 Å². The number of carbonyl (C=O) groups excluding carboxylic acids is 1.